The van der Waals surface area contributed by atoms with Crippen molar-refractivity contribution in [3.05, 3.63) is 22.3 Å². The third-order valence-corrected chi connectivity index (χ3v) is 3.52. The lowest BCUT2D eigenvalue weighted by Crippen LogP contribution is -2.36. The molecule has 1 fully saturated rings. The Labute approximate surface area is 108 Å². The van der Waals surface area contributed by atoms with Crippen LogP contribution in [0.1, 0.15) is 18.4 Å². The second-order valence-electron chi connectivity index (χ2n) is 4.35. The first-order valence-corrected chi connectivity index (χ1v) is 6.17. The fraction of sp³-hybridized carbons (Fsp3) is 0.455. The molecule has 1 saturated carbocycles. The molecule has 0 atom stereocenters. The molecule has 0 unspecified atom stereocenters. The van der Waals surface area contributed by atoms with Gasteiger partial charge in [-0.25, -0.2) is 9.78 Å². The van der Waals surface area contributed by atoms with Crippen molar-refractivity contribution in [2.75, 3.05) is 11.9 Å². The van der Waals surface area contributed by atoms with E-state index in [-0.39, 0.29) is 12.6 Å². The van der Waals surface area contributed by atoms with Gasteiger partial charge in [-0.3, -0.25) is 5.32 Å². The highest BCUT2D eigenvalue weighted by Crippen LogP contribution is 2.33. The minimum atomic E-state index is -0.680. The molecule has 1 aliphatic carbocycles. The molecule has 0 bridgehead atoms. The molecule has 3 N–H and O–H groups in total. The molecule has 1 aromatic heterocycles. The number of nitrogens with one attached hydrogen (secondary N) is 2. The van der Waals surface area contributed by atoms with Crippen molar-refractivity contribution in [1.82, 2.24) is 10.3 Å². The van der Waals surface area contributed by atoms with Crippen LogP contribution < -0.4 is 10.6 Å². The zero-order valence-corrected chi connectivity index (χ0v) is 11.0. The average Bonchev–Trinajstić information content (AvgIpc) is 3.00. The Kier molecular flexibility index (Phi) is 3.35. The molecule has 2 rings (SSSR count). The molecule has 17 heavy (non-hydrogen) atoms. The van der Waals surface area contributed by atoms with Crippen molar-refractivity contribution >= 4 is 27.8 Å². The van der Waals surface area contributed by atoms with Crippen molar-refractivity contribution in [2.24, 2.45) is 0 Å². The summed E-state index contributed by atoms with van der Waals surface area (Å²) in [5, 5.41) is 14.8. The van der Waals surface area contributed by atoms with Crippen molar-refractivity contribution in [3.63, 3.8) is 0 Å². The van der Waals surface area contributed by atoms with Crippen LogP contribution in [0.4, 0.5) is 10.6 Å². The van der Waals surface area contributed by atoms with E-state index in [1.807, 2.05) is 6.92 Å². The monoisotopic (exact) mass is 299 g/mol. The van der Waals surface area contributed by atoms with Crippen LogP contribution in [0.15, 0.2) is 16.7 Å². The molecule has 2 amide bonds. The van der Waals surface area contributed by atoms with Gasteiger partial charge in [0.1, 0.15) is 5.82 Å². The quantitative estimate of drug-likeness (QED) is 0.797. The third-order valence-electron chi connectivity index (χ3n) is 2.69. The molecule has 1 heterocycles. The normalized spacial score (nSPS) is 16.4. The van der Waals surface area contributed by atoms with Crippen LogP contribution in [0.3, 0.4) is 0 Å². The zero-order valence-electron chi connectivity index (χ0n) is 9.46. The van der Waals surface area contributed by atoms with Gasteiger partial charge >= 0.3 is 6.03 Å². The lowest BCUT2D eigenvalue weighted by atomic mass is 10.3. The van der Waals surface area contributed by atoms with Gasteiger partial charge in [0.25, 0.3) is 0 Å². The number of halogens is 1. The molecule has 0 radical (unpaired) electrons. The largest absolute Gasteiger partial charge is 0.388 e. The summed E-state index contributed by atoms with van der Waals surface area (Å²) >= 11 is 3.34. The maximum Gasteiger partial charge on any atom is 0.320 e. The molecule has 1 aliphatic rings. The SMILES string of the molecule is Cc1cc(NC(=O)NCC2(O)CC2)ncc1Br. The maximum atomic E-state index is 11.5. The van der Waals surface area contributed by atoms with E-state index in [4.69, 9.17) is 0 Å². The van der Waals surface area contributed by atoms with E-state index in [2.05, 4.69) is 31.5 Å². The molecule has 0 aromatic carbocycles. The van der Waals surface area contributed by atoms with Crippen LogP contribution in [0, 0.1) is 6.92 Å². The number of aryl methyl sites for hydroxylation is 1. The number of rotatable bonds is 3. The summed E-state index contributed by atoms with van der Waals surface area (Å²) in [6.07, 6.45) is 3.14. The number of anilines is 1. The lowest BCUT2D eigenvalue weighted by molar-refractivity contribution is 0.149. The van der Waals surface area contributed by atoms with E-state index < -0.39 is 5.60 Å². The van der Waals surface area contributed by atoms with E-state index in [1.165, 1.54) is 0 Å². The summed E-state index contributed by atoms with van der Waals surface area (Å²) in [4.78, 5) is 15.6. The number of pyridine rings is 1. The fourth-order valence-corrected chi connectivity index (χ4v) is 1.55. The molecule has 92 valence electrons. The number of hydrogen-bond donors (Lipinski definition) is 3. The van der Waals surface area contributed by atoms with Gasteiger partial charge in [0.05, 0.1) is 5.60 Å². The van der Waals surface area contributed by atoms with Crippen LogP contribution in [0.5, 0.6) is 0 Å². The first-order valence-electron chi connectivity index (χ1n) is 5.38. The van der Waals surface area contributed by atoms with Crippen LogP contribution >= 0.6 is 15.9 Å². The number of urea groups is 1. The van der Waals surface area contributed by atoms with E-state index in [0.29, 0.717) is 5.82 Å². The zero-order chi connectivity index (χ0) is 12.5. The summed E-state index contributed by atoms with van der Waals surface area (Å²) in [6.45, 7) is 2.20. The second-order valence-corrected chi connectivity index (χ2v) is 5.21. The number of carbonyl (C=O) groups excluding carboxylic acids is 1. The van der Waals surface area contributed by atoms with Gasteiger partial charge in [-0.1, -0.05) is 0 Å². The van der Waals surface area contributed by atoms with Crippen LogP contribution in [0.2, 0.25) is 0 Å². The highest BCUT2D eigenvalue weighted by Gasteiger charge is 2.40. The predicted octanol–water partition coefficient (Wildman–Crippen LogP) is 1.80. The first kappa shape index (κ1) is 12.3. The number of aliphatic hydroxyl groups is 1. The Morgan fingerprint density at radius 3 is 2.94 bits per heavy atom. The lowest BCUT2D eigenvalue weighted by Gasteiger charge is -2.10. The molecule has 0 aliphatic heterocycles. The van der Waals surface area contributed by atoms with Crippen molar-refractivity contribution in [1.29, 1.82) is 0 Å². The summed E-state index contributed by atoms with van der Waals surface area (Å²) in [5.74, 6) is 0.492. The Morgan fingerprint density at radius 2 is 2.35 bits per heavy atom. The van der Waals surface area contributed by atoms with Gasteiger partial charge in [-0.05, 0) is 47.3 Å². The number of aromatic nitrogens is 1. The molecule has 6 heteroatoms. The van der Waals surface area contributed by atoms with Gasteiger partial charge in [-0.15, -0.1) is 0 Å². The van der Waals surface area contributed by atoms with E-state index >= 15 is 0 Å². The topological polar surface area (TPSA) is 74.2 Å². The molecule has 5 nitrogen and oxygen atoms in total. The highest BCUT2D eigenvalue weighted by atomic mass is 79.9. The first-order chi connectivity index (χ1) is 7.98. The molecule has 0 spiro atoms. The maximum absolute atomic E-state index is 11.5. The number of amides is 2. The summed E-state index contributed by atoms with van der Waals surface area (Å²) in [6, 6.07) is 1.43. The minimum Gasteiger partial charge on any atom is -0.388 e. The molecular weight excluding hydrogens is 286 g/mol. The predicted molar refractivity (Wildman–Crippen MR) is 67.9 cm³/mol. The van der Waals surface area contributed by atoms with E-state index in [1.54, 1.807) is 12.3 Å². The standard InChI is InChI=1S/C11H14BrN3O2/c1-7-4-9(13-5-8(7)12)15-10(16)14-6-11(17)2-3-11/h4-5,17H,2-3,6H2,1H3,(H2,13,14,15,16). The summed E-state index contributed by atoms with van der Waals surface area (Å²) < 4.78 is 0.899. The molecule has 1 aromatic rings. The Bertz CT molecular complexity index is 446. The van der Waals surface area contributed by atoms with Crippen molar-refractivity contribution in [2.45, 2.75) is 25.4 Å². The number of carbonyl (C=O) groups is 1. The fourth-order valence-electron chi connectivity index (χ4n) is 1.33. The molecule has 0 saturated heterocycles. The minimum absolute atomic E-state index is 0.286. The summed E-state index contributed by atoms with van der Waals surface area (Å²) in [5.41, 5.74) is 0.316. The molecular formula is C11H14BrN3O2. The Balaban J connectivity index is 1.86. The van der Waals surface area contributed by atoms with Gasteiger partial charge in [0.2, 0.25) is 0 Å². The van der Waals surface area contributed by atoms with E-state index in [0.717, 1.165) is 22.9 Å². The highest BCUT2D eigenvalue weighted by molar-refractivity contribution is 9.10. The van der Waals surface area contributed by atoms with Crippen LogP contribution in [0.25, 0.3) is 0 Å². The summed E-state index contributed by atoms with van der Waals surface area (Å²) in [7, 11) is 0. The van der Waals surface area contributed by atoms with Crippen LogP contribution in [-0.4, -0.2) is 28.3 Å². The second kappa shape index (κ2) is 4.62. The van der Waals surface area contributed by atoms with Crippen molar-refractivity contribution in [3.8, 4) is 0 Å². The Hall–Kier alpha value is -1.14. The Morgan fingerprint density at radius 1 is 1.65 bits per heavy atom. The van der Waals surface area contributed by atoms with Gasteiger partial charge in [0.15, 0.2) is 0 Å². The van der Waals surface area contributed by atoms with Gasteiger partial charge < -0.3 is 10.4 Å². The van der Waals surface area contributed by atoms with Crippen molar-refractivity contribution < 1.29 is 9.90 Å². The number of nitrogens with zero attached hydrogens (tertiary/aromatic N) is 1. The van der Waals surface area contributed by atoms with Gasteiger partial charge in [0, 0.05) is 17.2 Å². The average molecular weight is 300 g/mol. The van der Waals surface area contributed by atoms with E-state index in [9.17, 15) is 9.90 Å². The number of hydrogen-bond acceptors (Lipinski definition) is 3. The third kappa shape index (κ3) is 3.41. The smallest absolute Gasteiger partial charge is 0.320 e. The van der Waals surface area contributed by atoms with Gasteiger partial charge in [-0.2, -0.15) is 0 Å². The van der Waals surface area contributed by atoms with Crippen LogP contribution in [-0.2, 0) is 0 Å².